The van der Waals surface area contributed by atoms with Crippen molar-refractivity contribution >= 4 is 17.7 Å². The van der Waals surface area contributed by atoms with Crippen molar-refractivity contribution < 1.29 is 4.79 Å². The first-order chi connectivity index (χ1) is 6.77. The van der Waals surface area contributed by atoms with Crippen molar-refractivity contribution in [3.63, 3.8) is 0 Å². The number of amides is 1. The standard InChI is InChI=1S/C10H10N2OS/c1-14-6-8-2-4-9(5-3-8)10(13)12-7-11/h2-5H,6H2,1H3,(H,12,13). The molecule has 3 nitrogen and oxygen atoms in total. The predicted octanol–water partition coefficient (Wildman–Crippen LogP) is 1.76. The maximum absolute atomic E-state index is 11.2. The van der Waals surface area contributed by atoms with Crippen molar-refractivity contribution in [2.45, 2.75) is 5.75 Å². The van der Waals surface area contributed by atoms with Crippen LogP contribution >= 0.6 is 11.8 Å². The molecule has 0 aliphatic carbocycles. The van der Waals surface area contributed by atoms with Gasteiger partial charge >= 0.3 is 0 Å². The largest absolute Gasteiger partial charge is 0.268 e. The average Bonchev–Trinajstić information content (AvgIpc) is 2.20. The fraction of sp³-hybridized carbons (Fsp3) is 0.200. The molecule has 0 atom stereocenters. The third-order valence-corrected chi connectivity index (χ3v) is 2.32. The van der Waals surface area contributed by atoms with Crippen molar-refractivity contribution in [3.8, 4) is 6.19 Å². The Kier molecular flexibility index (Phi) is 4.02. The number of benzene rings is 1. The van der Waals surface area contributed by atoms with Gasteiger partial charge in [-0.2, -0.15) is 17.0 Å². The Morgan fingerprint density at radius 2 is 2.14 bits per heavy atom. The number of hydrogen-bond acceptors (Lipinski definition) is 3. The molecule has 0 bridgehead atoms. The van der Waals surface area contributed by atoms with Crippen LogP contribution in [-0.4, -0.2) is 12.2 Å². The second-order valence-electron chi connectivity index (χ2n) is 2.70. The molecule has 0 aliphatic rings. The number of nitrogens with one attached hydrogen (secondary N) is 1. The number of thioether (sulfide) groups is 1. The zero-order valence-corrected chi connectivity index (χ0v) is 8.60. The van der Waals surface area contributed by atoms with Crippen molar-refractivity contribution in [2.24, 2.45) is 0 Å². The molecule has 1 aromatic carbocycles. The van der Waals surface area contributed by atoms with Crippen LogP contribution in [0.25, 0.3) is 0 Å². The van der Waals surface area contributed by atoms with Gasteiger partial charge in [-0.3, -0.25) is 10.1 Å². The first-order valence-electron chi connectivity index (χ1n) is 4.05. The summed E-state index contributed by atoms with van der Waals surface area (Å²) in [5, 5.41) is 10.3. The molecule has 1 N–H and O–H groups in total. The van der Waals surface area contributed by atoms with Gasteiger partial charge in [0.05, 0.1) is 0 Å². The van der Waals surface area contributed by atoms with Gasteiger partial charge in [0.1, 0.15) is 0 Å². The third kappa shape index (κ3) is 2.79. The molecule has 0 fully saturated rings. The van der Waals surface area contributed by atoms with Crippen molar-refractivity contribution in [2.75, 3.05) is 6.26 Å². The predicted molar refractivity (Wildman–Crippen MR) is 56.7 cm³/mol. The van der Waals surface area contributed by atoms with E-state index in [1.54, 1.807) is 30.1 Å². The van der Waals surface area contributed by atoms with Crippen molar-refractivity contribution in [1.82, 2.24) is 5.32 Å². The van der Waals surface area contributed by atoms with E-state index in [0.29, 0.717) is 5.56 Å². The van der Waals surface area contributed by atoms with E-state index in [2.05, 4.69) is 5.32 Å². The summed E-state index contributed by atoms with van der Waals surface area (Å²) in [5.74, 6) is 0.573. The summed E-state index contributed by atoms with van der Waals surface area (Å²) in [6.45, 7) is 0. The molecule has 4 heteroatoms. The van der Waals surface area contributed by atoms with E-state index in [-0.39, 0.29) is 5.91 Å². The third-order valence-electron chi connectivity index (χ3n) is 1.70. The smallest absolute Gasteiger partial charge is 0.264 e. The second-order valence-corrected chi connectivity index (χ2v) is 3.56. The summed E-state index contributed by atoms with van der Waals surface area (Å²) in [4.78, 5) is 11.2. The molecule has 0 saturated heterocycles. The van der Waals surface area contributed by atoms with E-state index >= 15 is 0 Å². The topological polar surface area (TPSA) is 52.9 Å². The highest BCUT2D eigenvalue weighted by Gasteiger charge is 2.03. The zero-order valence-electron chi connectivity index (χ0n) is 7.78. The Hall–Kier alpha value is -1.47. The summed E-state index contributed by atoms with van der Waals surface area (Å²) in [7, 11) is 0. The fourth-order valence-corrected chi connectivity index (χ4v) is 1.57. The Balaban J connectivity index is 2.73. The van der Waals surface area contributed by atoms with Gasteiger partial charge in [-0.25, -0.2) is 0 Å². The molecule has 0 spiro atoms. The van der Waals surface area contributed by atoms with Crippen molar-refractivity contribution in [3.05, 3.63) is 35.4 Å². The van der Waals surface area contributed by atoms with Gasteiger partial charge in [-0.15, -0.1) is 0 Å². The van der Waals surface area contributed by atoms with Crippen LogP contribution in [0.2, 0.25) is 0 Å². The second kappa shape index (κ2) is 5.30. The van der Waals surface area contributed by atoms with Crippen LogP contribution in [0, 0.1) is 11.5 Å². The first-order valence-corrected chi connectivity index (χ1v) is 5.44. The summed E-state index contributed by atoms with van der Waals surface area (Å²) >= 11 is 1.73. The Bertz CT molecular complexity index is 353. The summed E-state index contributed by atoms with van der Waals surface area (Å²) in [6, 6.07) is 7.22. The van der Waals surface area contributed by atoms with E-state index in [4.69, 9.17) is 5.26 Å². The molecule has 0 saturated carbocycles. The molecule has 1 amide bonds. The molecule has 1 aromatic rings. The SMILES string of the molecule is CSCc1ccc(C(=O)NC#N)cc1. The molecule has 0 aromatic heterocycles. The summed E-state index contributed by atoms with van der Waals surface area (Å²) < 4.78 is 0. The van der Waals surface area contributed by atoms with Gasteiger partial charge in [0.25, 0.3) is 5.91 Å². The summed E-state index contributed by atoms with van der Waals surface area (Å²) in [6.07, 6.45) is 3.63. The van der Waals surface area contributed by atoms with E-state index in [9.17, 15) is 4.79 Å². The lowest BCUT2D eigenvalue weighted by atomic mass is 10.1. The highest BCUT2D eigenvalue weighted by molar-refractivity contribution is 7.97. The molecule has 0 aliphatic heterocycles. The lowest BCUT2D eigenvalue weighted by molar-refractivity contribution is 0.0973. The average molecular weight is 206 g/mol. The lowest BCUT2D eigenvalue weighted by Gasteiger charge is -2.00. The Morgan fingerprint density at radius 3 is 2.64 bits per heavy atom. The number of hydrogen-bond donors (Lipinski definition) is 1. The van der Waals surface area contributed by atoms with E-state index in [1.165, 1.54) is 5.56 Å². The molecule has 14 heavy (non-hydrogen) atoms. The minimum atomic E-state index is -0.358. The Labute approximate surface area is 87.1 Å². The summed E-state index contributed by atoms with van der Waals surface area (Å²) in [5.41, 5.74) is 1.68. The van der Waals surface area contributed by atoms with Crippen molar-refractivity contribution in [1.29, 1.82) is 5.26 Å². The monoisotopic (exact) mass is 206 g/mol. The molecule has 0 radical (unpaired) electrons. The molecular weight excluding hydrogens is 196 g/mol. The Morgan fingerprint density at radius 1 is 1.50 bits per heavy atom. The number of nitriles is 1. The number of rotatable bonds is 3. The minimum absolute atomic E-state index is 0.358. The van der Waals surface area contributed by atoms with Crippen LogP contribution in [0.1, 0.15) is 15.9 Å². The minimum Gasteiger partial charge on any atom is -0.268 e. The fourth-order valence-electron chi connectivity index (χ4n) is 1.04. The highest BCUT2D eigenvalue weighted by atomic mass is 32.2. The van der Waals surface area contributed by atoms with Gasteiger partial charge in [0.2, 0.25) is 0 Å². The van der Waals surface area contributed by atoms with Crippen LogP contribution in [0.5, 0.6) is 0 Å². The van der Waals surface area contributed by atoms with Crippen LogP contribution in [0.4, 0.5) is 0 Å². The zero-order chi connectivity index (χ0) is 10.4. The number of nitrogens with zero attached hydrogens (tertiary/aromatic N) is 1. The molecule has 0 unspecified atom stereocenters. The van der Waals surface area contributed by atoms with Crippen LogP contribution in [0.3, 0.4) is 0 Å². The van der Waals surface area contributed by atoms with Gasteiger partial charge in [0.15, 0.2) is 6.19 Å². The molecule has 0 heterocycles. The van der Waals surface area contributed by atoms with Crippen LogP contribution < -0.4 is 5.32 Å². The number of carbonyl (C=O) groups excluding carboxylic acids is 1. The quantitative estimate of drug-likeness (QED) is 0.605. The van der Waals surface area contributed by atoms with Gasteiger partial charge < -0.3 is 0 Å². The van der Waals surface area contributed by atoms with E-state index < -0.39 is 0 Å². The van der Waals surface area contributed by atoms with E-state index in [0.717, 1.165) is 5.75 Å². The van der Waals surface area contributed by atoms with Crippen LogP contribution in [-0.2, 0) is 5.75 Å². The van der Waals surface area contributed by atoms with Gasteiger partial charge in [-0.05, 0) is 24.0 Å². The van der Waals surface area contributed by atoms with Gasteiger partial charge in [0, 0.05) is 11.3 Å². The maximum atomic E-state index is 11.2. The molecule has 72 valence electrons. The molecular formula is C10H10N2OS. The van der Waals surface area contributed by atoms with E-state index in [1.807, 2.05) is 18.4 Å². The van der Waals surface area contributed by atoms with Gasteiger partial charge in [-0.1, -0.05) is 12.1 Å². The highest BCUT2D eigenvalue weighted by Crippen LogP contribution is 2.10. The first kappa shape index (κ1) is 10.6. The van der Waals surface area contributed by atoms with Crippen LogP contribution in [0.15, 0.2) is 24.3 Å². The molecule has 1 rings (SSSR count). The number of carbonyl (C=O) groups is 1. The lowest BCUT2D eigenvalue weighted by Crippen LogP contribution is -2.16. The maximum Gasteiger partial charge on any atom is 0.264 e. The normalized spacial score (nSPS) is 9.14.